The molecule has 0 N–H and O–H groups in total. The standard InChI is InChI=1S/C8H7F4N/c1-5-2-6(4-9)13-7(3-5)8(10,11)12/h2-3H,4H2,1H3. The van der Waals surface area contributed by atoms with E-state index in [2.05, 4.69) is 4.98 Å². The van der Waals surface area contributed by atoms with E-state index < -0.39 is 18.5 Å². The van der Waals surface area contributed by atoms with Gasteiger partial charge in [0.15, 0.2) is 0 Å². The monoisotopic (exact) mass is 193 g/mol. The molecule has 0 spiro atoms. The van der Waals surface area contributed by atoms with E-state index in [0.29, 0.717) is 5.56 Å². The number of aromatic nitrogens is 1. The van der Waals surface area contributed by atoms with Crippen molar-refractivity contribution in [3.8, 4) is 0 Å². The highest BCUT2D eigenvalue weighted by Crippen LogP contribution is 2.28. The molecule has 1 aromatic rings. The van der Waals surface area contributed by atoms with Gasteiger partial charge in [-0.1, -0.05) is 0 Å². The molecule has 0 aliphatic heterocycles. The number of halogens is 4. The van der Waals surface area contributed by atoms with Crippen LogP contribution in [0.25, 0.3) is 0 Å². The first kappa shape index (κ1) is 9.95. The minimum absolute atomic E-state index is 0.188. The van der Waals surface area contributed by atoms with Crippen molar-refractivity contribution >= 4 is 0 Å². The molecule has 1 heterocycles. The van der Waals surface area contributed by atoms with Crippen molar-refractivity contribution in [1.29, 1.82) is 0 Å². The van der Waals surface area contributed by atoms with Crippen LogP contribution >= 0.6 is 0 Å². The summed E-state index contributed by atoms with van der Waals surface area (Å²) in [5.74, 6) is 0. The van der Waals surface area contributed by atoms with Crippen LogP contribution in [0.5, 0.6) is 0 Å². The molecule has 0 saturated carbocycles. The third kappa shape index (κ3) is 2.40. The van der Waals surface area contributed by atoms with Gasteiger partial charge >= 0.3 is 6.18 Å². The second-order valence-electron chi connectivity index (χ2n) is 2.65. The Bertz CT molecular complexity index is 306. The maximum absolute atomic E-state index is 12.1. The SMILES string of the molecule is Cc1cc(CF)nc(C(F)(F)F)c1. The van der Waals surface area contributed by atoms with E-state index in [1.807, 2.05) is 0 Å². The number of hydrogen-bond acceptors (Lipinski definition) is 1. The van der Waals surface area contributed by atoms with Gasteiger partial charge in [-0.25, -0.2) is 9.37 Å². The summed E-state index contributed by atoms with van der Waals surface area (Å²) in [4.78, 5) is 3.12. The van der Waals surface area contributed by atoms with E-state index >= 15 is 0 Å². The molecular formula is C8H7F4N. The number of rotatable bonds is 1. The van der Waals surface area contributed by atoms with Crippen molar-refractivity contribution in [2.45, 2.75) is 19.8 Å². The molecule has 1 nitrogen and oxygen atoms in total. The molecule has 0 fully saturated rings. The second-order valence-corrected chi connectivity index (χ2v) is 2.65. The van der Waals surface area contributed by atoms with Crippen LogP contribution in [0.3, 0.4) is 0 Å². The zero-order valence-corrected chi connectivity index (χ0v) is 6.82. The fraction of sp³-hybridized carbons (Fsp3) is 0.375. The summed E-state index contributed by atoms with van der Waals surface area (Å²) in [6.07, 6.45) is -4.50. The van der Waals surface area contributed by atoms with E-state index in [1.54, 1.807) is 0 Å². The van der Waals surface area contributed by atoms with E-state index in [9.17, 15) is 17.6 Å². The number of hydrogen-bond donors (Lipinski definition) is 0. The van der Waals surface area contributed by atoms with Gasteiger partial charge in [-0.15, -0.1) is 0 Å². The third-order valence-electron chi connectivity index (χ3n) is 1.45. The van der Waals surface area contributed by atoms with E-state index in [4.69, 9.17) is 0 Å². The molecule has 0 bridgehead atoms. The minimum atomic E-state index is -4.50. The Morgan fingerprint density at radius 1 is 1.31 bits per heavy atom. The molecule has 0 aliphatic rings. The second kappa shape index (κ2) is 3.32. The first-order chi connectivity index (χ1) is 5.93. The number of nitrogens with zero attached hydrogens (tertiary/aromatic N) is 1. The summed E-state index contributed by atoms with van der Waals surface area (Å²) in [7, 11) is 0. The van der Waals surface area contributed by atoms with Crippen molar-refractivity contribution in [1.82, 2.24) is 4.98 Å². The van der Waals surface area contributed by atoms with Crippen LogP contribution in [-0.2, 0) is 12.9 Å². The van der Waals surface area contributed by atoms with Crippen molar-refractivity contribution < 1.29 is 17.6 Å². The first-order valence-electron chi connectivity index (χ1n) is 3.54. The highest BCUT2D eigenvalue weighted by Gasteiger charge is 2.32. The summed E-state index contributed by atoms with van der Waals surface area (Å²) in [5.41, 5.74) is -0.873. The largest absolute Gasteiger partial charge is 0.433 e. The molecule has 13 heavy (non-hydrogen) atoms. The van der Waals surface area contributed by atoms with Gasteiger partial charge in [-0.05, 0) is 24.6 Å². The average molecular weight is 193 g/mol. The summed E-state index contributed by atoms with van der Waals surface area (Å²) in [6, 6.07) is 2.17. The Hall–Kier alpha value is -1.13. The Morgan fingerprint density at radius 2 is 1.92 bits per heavy atom. The maximum Gasteiger partial charge on any atom is 0.433 e. The minimum Gasteiger partial charge on any atom is -0.246 e. The molecule has 72 valence electrons. The quantitative estimate of drug-likeness (QED) is 0.625. The van der Waals surface area contributed by atoms with Crippen LogP contribution in [0.4, 0.5) is 17.6 Å². The van der Waals surface area contributed by atoms with E-state index in [-0.39, 0.29) is 5.69 Å². The van der Waals surface area contributed by atoms with Gasteiger partial charge in [0.2, 0.25) is 0 Å². The Morgan fingerprint density at radius 3 is 2.38 bits per heavy atom. The fourth-order valence-corrected chi connectivity index (χ4v) is 0.953. The predicted octanol–water partition coefficient (Wildman–Crippen LogP) is 2.88. The molecule has 5 heteroatoms. The molecule has 0 aliphatic carbocycles. The smallest absolute Gasteiger partial charge is 0.246 e. The number of aryl methyl sites for hydroxylation is 1. The third-order valence-corrected chi connectivity index (χ3v) is 1.45. The van der Waals surface area contributed by atoms with Crippen LogP contribution < -0.4 is 0 Å². The maximum atomic E-state index is 12.1. The Balaban J connectivity index is 3.16. The van der Waals surface area contributed by atoms with Gasteiger partial charge in [0.05, 0.1) is 5.69 Å². The Kier molecular flexibility index (Phi) is 2.54. The van der Waals surface area contributed by atoms with Crippen molar-refractivity contribution in [2.24, 2.45) is 0 Å². The van der Waals surface area contributed by atoms with Gasteiger partial charge in [0, 0.05) is 0 Å². The van der Waals surface area contributed by atoms with Crippen LogP contribution in [0, 0.1) is 6.92 Å². The molecule has 1 rings (SSSR count). The van der Waals surface area contributed by atoms with Gasteiger partial charge in [0.25, 0.3) is 0 Å². The molecule has 0 atom stereocenters. The lowest BCUT2D eigenvalue weighted by Crippen LogP contribution is -2.09. The molecule has 0 amide bonds. The highest BCUT2D eigenvalue weighted by molar-refractivity contribution is 5.21. The predicted molar refractivity (Wildman–Crippen MR) is 38.8 cm³/mol. The van der Waals surface area contributed by atoms with Gasteiger partial charge in [-0.3, -0.25) is 0 Å². The lowest BCUT2D eigenvalue weighted by molar-refractivity contribution is -0.141. The van der Waals surface area contributed by atoms with Gasteiger partial charge < -0.3 is 0 Å². The topological polar surface area (TPSA) is 12.9 Å². The van der Waals surface area contributed by atoms with E-state index in [0.717, 1.165) is 6.07 Å². The number of alkyl halides is 4. The Labute approximate surface area is 72.4 Å². The van der Waals surface area contributed by atoms with Crippen LogP contribution in [0.1, 0.15) is 17.0 Å². The average Bonchev–Trinajstić information content (AvgIpc) is 2.01. The molecule has 0 unspecified atom stereocenters. The van der Waals surface area contributed by atoms with Crippen LogP contribution in [0.15, 0.2) is 12.1 Å². The summed E-state index contributed by atoms with van der Waals surface area (Å²) in [6.45, 7) is 0.487. The zero-order chi connectivity index (χ0) is 10.1. The van der Waals surface area contributed by atoms with Crippen LogP contribution in [-0.4, -0.2) is 4.98 Å². The number of pyridine rings is 1. The van der Waals surface area contributed by atoms with Gasteiger partial charge in [0.1, 0.15) is 12.4 Å². The lowest BCUT2D eigenvalue weighted by Gasteiger charge is -2.07. The van der Waals surface area contributed by atoms with Gasteiger partial charge in [-0.2, -0.15) is 13.2 Å². The zero-order valence-electron chi connectivity index (χ0n) is 6.82. The normalized spacial score (nSPS) is 11.8. The summed E-state index contributed by atoms with van der Waals surface area (Å²) in [5, 5.41) is 0. The molecular weight excluding hydrogens is 186 g/mol. The summed E-state index contributed by atoms with van der Waals surface area (Å²) < 4.78 is 48.3. The fourth-order valence-electron chi connectivity index (χ4n) is 0.953. The van der Waals surface area contributed by atoms with Crippen molar-refractivity contribution in [3.05, 3.63) is 29.1 Å². The van der Waals surface area contributed by atoms with Crippen molar-refractivity contribution in [3.63, 3.8) is 0 Å². The lowest BCUT2D eigenvalue weighted by atomic mass is 10.2. The first-order valence-corrected chi connectivity index (χ1v) is 3.54. The van der Waals surface area contributed by atoms with Crippen LogP contribution in [0.2, 0.25) is 0 Å². The highest BCUT2D eigenvalue weighted by atomic mass is 19.4. The molecule has 0 radical (unpaired) electrons. The summed E-state index contributed by atoms with van der Waals surface area (Å²) >= 11 is 0. The molecule has 0 aromatic carbocycles. The molecule has 1 aromatic heterocycles. The van der Waals surface area contributed by atoms with E-state index in [1.165, 1.54) is 13.0 Å². The molecule has 0 saturated heterocycles. The van der Waals surface area contributed by atoms with Crippen molar-refractivity contribution in [2.75, 3.05) is 0 Å².